The largest absolute Gasteiger partial charge is 0.341 e. The topological polar surface area (TPSA) is 72.4 Å². The Labute approximate surface area is 125 Å². The van der Waals surface area contributed by atoms with Gasteiger partial charge >= 0.3 is 0 Å². The van der Waals surface area contributed by atoms with Crippen molar-refractivity contribution < 1.29 is 12.6 Å². The second-order valence-electron chi connectivity index (χ2n) is 5.93. The smallest absolute Gasteiger partial charge is 0.264 e. The first-order valence-corrected chi connectivity index (χ1v) is 9.28. The fraction of sp³-hybridized carbons (Fsp3) is 0.714. The van der Waals surface area contributed by atoms with Crippen LogP contribution in [0.25, 0.3) is 0 Å². The average Bonchev–Trinajstić information content (AvgIpc) is 2.37. The van der Waals surface area contributed by atoms with Crippen molar-refractivity contribution in [3.8, 4) is 0 Å². The van der Waals surface area contributed by atoms with Crippen LogP contribution in [0.4, 0.5) is 5.95 Å². The van der Waals surface area contributed by atoms with Gasteiger partial charge in [-0.05, 0) is 37.2 Å². The Balaban J connectivity index is 1.56. The van der Waals surface area contributed by atoms with Crippen LogP contribution in [0.1, 0.15) is 43.6 Å². The molecule has 21 heavy (non-hydrogen) atoms. The highest BCUT2D eigenvalue weighted by atomic mass is 32.2. The first-order chi connectivity index (χ1) is 10.0. The molecule has 0 bridgehead atoms. The van der Waals surface area contributed by atoms with Crippen LogP contribution in [-0.4, -0.2) is 43.8 Å². The van der Waals surface area contributed by atoms with E-state index >= 15 is 0 Å². The Kier molecular flexibility index (Phi) is 4.12. The summed E-state index contributed by atoms with van der Waals surface area (Å²) in [6.45, 7) is 1.45. The summed E-state index contributed by atoms with van der Waals surface area (Å²) >= 11 is 0. The van der Waals surface area contributed by atoms with Gasteiger partial charge in [-0.3, -0.25) is 4.18 Å². The van der Waals surface area contributed by atoms with Gasteiger partial charge in [0.05, 0.1) is 12.4 Å². The number of piperidine rings is 1. The summed E-state index contributed by atoms with van der Waals surface area (Å²) in [7, 11) is -3.37. The van der Waals surface area contributed by atoms with Crippen molar-refractivity contribution in [2.45, 2.75) is 44.1 Å². The van der Waals surface area contributed by atoms with Crippen molar-refractivity contribution >= 4 is 16.1 Å². The summed E-state index contributed by atoms with van der Waals surface area (Å²) in [5, 5.41) is 0. The molecule has 0 amide bonds. The summed E-state index contributed by atoms with van der Waals surface area (Å²) in [5.41, 5.74) is 1.24. The zero-order valence-corrected chi connectivity index (χ0v) is 13.1. The normalized spacial score (nSPS) is 21.3. The highest BCUT2D eigenvalue weighted by Gasteiger charge is 2.25. The second kappa shape index (κ2) is 5.88. The zero-order valence-electron chi connectivity index (χ0n) is 12.2. The van der Waals surface area contributed by atoms with Crippen molar-refractivity contribution in [1.82, 2.24) is 9.97 Å². The molecule has 0 radical (unpaired) electrons. The second-order valence-corrected chi connectivity index (χ2v) is 7.53. The minimum atomic E-state index is -3.37. The molecule has 0 atom stereocenters. The highest BCUT2D eigenvalue weighted by Crippen LogP contribution is 2.35. The van der Waals surface area contributed by atoms with Gasteiger partial charge in [-0.1, -0.05) is 6.42 Å². The van der Waals surface area contributed by atoms with Gasteiger partial charge in [0, 0.05) is 25.5 Å². The number of anilines is 1. The predicted molar refractivity (Wildman–Crippen MR) is 79.8 cm³/mol. The minimum Gasteiger partial charge on any atom is -0.341 e. The van der Waals surface area contributed by atoms with Crippen molar-refractivity contribution in [3.63, 3.8) is 0 Å². The molecule has 1 aromatic heterocycles. The first kappa shape index (κ1) is 14.7. The van der Waals surface area contributed by atoms with Gasteiger partial charge in [-0.25, -0.2) is 9.97 Å². The van der Waals surface area contributed by atoms with Crippen molar-refractivity contribution in [2.24, 2.45) is 0 Å². The molecule has 116 valence electrons. The van der Waals surface area contributed by atoms with E-state index in [1.54, 1.807) is 0 Å². The van der Waals surface area contributed by atoms with E-state index in [0.29, 0.717) is 18.8 Å². The molecule has 1 aliphatic heterocycles. The monoisotopic (exact) mass is 311 g/mol. The molecule has 2 heterocycles. The van der Waals surface area contributed by atoms with Crippen molar-refractivity contribution in [1.29, 1.82) is 0 Å². The van der Waals surface area contributed by atoms with Gasteiger partial charge in [0.2, 0.25) is 5.95 Å². The summed E-state index contributed by atoms with van der Waals surface area (Å²) in [6.07, 6.45) is 9.92. The van der Waals surface area contributed by atoms with Crippen LogP contribution in [0.15, 0.2) is 12.4 Å². The molecule has 7 heteroatoms. The van der Waals surface area contributed by atoms with E-state index in [4.69, 9.17) is 4.18 Å². The molecule has 6 nitrogen and oxygen atoms in total. The lowest BCUT2D eigenvalue weighted by atomic mass is 9.81. The van der Waals surface area contributed by atoms with Crippen LogP contribution < -0.4 is 4.90 Å². The third-order valence-corrected chi connectivity index (χ3v) is 4.89. The Morgan fingerprint density at radius 3 is 2.24 bits per heavy atom. The van der Waals surface area contributed by atoms with Crippen LogP contribution in [-0.2, 0) is 14.3 Å². The third-order valence-electron chi connectivity index (χ3n) is 4.27. The summed E-state index contributed by atoms with van der Waals surface area (Å²) in [4.78, 5) is 11.0. The summed E-state index contributed by atoms with van der Waals surface area (Å²) in [5.74, 6) is 1.38. The lowest BCUT2D eigenvalue weighted by Gasteiger charge is -2.31. The molecule has 1 aromatic rings. The van der Waals surface area contributed by atoms with Gasteiger partial charge < -0.3 is 4.90 Å². The van der Waals surface area contributed by atoms with Gasteiger partial charge in [0.1, 0.15) is 0 Å². The van der Waals surface area contributed by atoms with Gasteiger partial charge in [0.25, 0.3) is 10.1 Å². The van der Waals surface area contributed by atoms with Crippen LogP contribution in [0.3, 0.4) is 0 Å². The third kappa shape index (κ3) is 3.71. The molecule has 1 saturated carbocycles. The van der Waals surface area contributed by atoms with E-state index < -0.39 is 10.1 Å². The Morgan fingerprint density at radius 1 is 1.14 bits per heavy atom. The van der Waals surface area contributed by atoms with Crippen LogP contribution in [0, 0.1) is 0 Å². The molecule has 2 fully saturated rings. The highest BCUT2D eigenvalue weighted by molar-refractivity contribution is 7.86. The van der Waals surface area contributed by atoms with E-state index in [0.717, 1.165) is 25.3 Å². The van der Waals surface area contributed by atoms with Crippen molar-refractivity contribution in [3.05, 3.63) is 18.0 Å². The summed E-state index contributed by atoms with van der Waals surface area (Å²) in [6, 6.07) is 0. The molecule has 0 aromatic carbocycles. The minimum absolute atomic E-state index is 0.217. The maximum absolute atomic E-state index is 11.1. The quantitative estimate of drug-likeness (QED) is 0.788. The standard InChI is InChI=1S/C14H21N3O3S/c1-21(18,19)20-13-5-7-17(8-6-13)14-15-9-12(10-16-14)11-3-2-4-11/h9-11,13H,2-8H2,1H3. The molecular formula is C14H21N3O3S. The molecule has 0 spiro atoms. The number of rotatable bonds is 4. The van der Waals surface area contributed by atoms with Crippen LogP contribution >= 0.6 is 0 Å². The van der Waals surface area contributed by atoms with E-state index in [-0.39, 0.29) is 6.10 Å². The van der Waals surface area contributed by atoms with Gasteiger partial charge in [-0.15, -0.1) is 0 Å². The summed E-state index contributed by atoms with van der Waals surface area (Å²) < 4.78 is 27.3. The molecular weight excluding hydrogens is 290 g/mol. The molecule has 1 aliphatic carbocycles. The molecule has 0 unspecified atom stereocenters. The average molecular weight is 311 g/mol. The van der Waals surface area contributed by atoms with Crippen LogP contribution in [0.5, 0.6) is 0 Å². The Morgan fingerprint density at radius 2 is 1.76 bits per heavy atom. The van der Waals surface area contributed by atoms with Crippen LogP contribution in [0.2, 0.25) is 0 Å². The van der Waals surface area contributed by atoms with E-state index in [1.165, 1.54) is 24.8 Å². The number of aromatic nitrogens is 2. The Hall–Kier alpha value is -1.21. The van der Waals surface area contributed by atoms with Gasteiger partial charge in [0.15, 0.2) is 0 Å². The lowest BCUT2D eigenvalue weighted by molar-refractivity contribution is 0.179. The number of hydrogen-bond acceptors (Lipinski definition) is 6. The maximum Gasteiger partial charge on any atom is 0.264 e. The number of hydrogen-bond donors (Lipinski definition) is 0. The maximum atomic E-state index is 11.1. The van der Waals surface area contributed by atoms with E-state index in [9.17, 15) is 8.42 Å². The predicted octanol–water partition coefficient (Wildman–Crippen LogP) is 1.69. The SMILES string of the molecule is CS(=O)(=O)OC1CCN(c2ncc(C3CCC3)cn2)CC1. The molecule has 2 aliphatic rings. The fourth-order valence-corrected chi connectivity index (χ4v) is 3.53. The molecule has 3 rings (SSSR count). The first-order valence-electron chi connectivity index (χ1n) is 7.46. The Bertz CT molecular complexity index is 576. The molecule has 0 N–H and O–H groups in total. The molecule has 1 saturated heterocycles. The van der Waals surface area contributed by atoms with Gasteiger partial charge in [-0.2, -0.15) is 8.42 Å². The van der Waals surface area contributed by atoms with E-state index in [2.05, 4.69) is 14.9 Å². The fourth-order valence-electron chi connectivity index (χ4n) is 2.85. The zero-order chi connectivity index (χ0) is 14.9. The number of nitrogens with zero attached hydrogens (tertiary/aromatic N) is 3. The van der Waals surface area contributed by atoms with E-state index in [1.807, 2.05) is 12.4 Å². The lowest BCUT2D eigenvalue weighted by Crippen LogP contribution is -2.38. The van der Waals surface area contributed by atoms with Crippen molar-refractivity contribution in [2.75, 3.05) is 24.2 Å².